The first-order valence-electron chi connectivity index (χ1n) is 6.91. The van der Waals surface area contributed by atoms with Gasteiger partial charge in [0.2, 0.25) is 0 Å². The van der Waals surface area contributed by atoms with Crippen LogP contribution in [0, 0.1) is 22.7 Å². The Morgan fingerprint density at radius 3 is 2.38 bits per heavy atom. The van der Waals surface area contributed by atoms with E-state index in [1.165, 1.54) is 25.5 Å². The molecule has 0 spiro atoms. The molecule has 3 unspecified atom stereocenters. The Hall–Kier alpha value is -0.330. The number of aldehydes is 1. The summed E-state index contributed by atoms with van der Waals surface area (Å²) in [7, 11) is 0. The number of carbonyl (C=O) groups excluding carboxylic acids is 1. The summed E-state index contributed by atoms with van der Waals surface area (Å²) < 4.78 is 0. The quantitative estimate of drug-likeness (QED) is 0.645. The van der Waals surface area contributed by atoms with Gasteiger partial charge in [-0.3, -0.25) is 0 Å². The van der Waals surface area contributed by atoms with E-state index in [1.807, 2.05) is 0 Å². The van der Waals surface area contributed by atoms with Crippen LogP contribution in [0.15, 0.2) is 0 Å². The summed E-state index contributed by atoms with van der Waals surface area (Å²) >= 11 is 0. The van der Waals surface area contributed by atoms with E-state index < -0.39 is 0 Å². The molecule has 1 heteroatoms. The molecule has 1 aliphatic rings. The second-order valence-electron chi connectivity index (χ2n) is 6.22. The fourth-order valence-electron chi connectivity index (χ4n) is 4.55. The molecule has 1 rings (SSSR count). The highest BCUT2D eigenvalue weighted by Gasteiger charge is 2.53. The third-order valence-electron chi connectivity index (χ3n) is 5.43. The average Bonchev–Trinajstić information content (AvgIpc) is 2.23. The highest BCUT2D eigenvalue weighted by Crippen LogP contribution is 2.59. The molecule has 1 fully saturated rings. The first kappa shape index (κ1) is 13.7. The summed E-state index contributed by atoms with van der Waals surface area (Å²) in [5.74, 6) is 0.916. The van der Waals surface area contributed by atoms with E-state index in [0.717, 1.165) is 12.8 Å². The zero-order chi connectivity index (χ0) is 12.4. The molecule has 0 saturated heterocycles. The number of hydrogen-bond donors (Lipinski definition) is 0. The molecule has 0 radical (unpaired) electrons. The van der Waals surface area contributed by atoms with E-state index in [2.05, 4.69) is 34.6 Å². The van der Waals surface area contributed by atoms with Crippen molar-refractivity contribution in [1.82, 2.24) is 0 Å². The van der Waals surface area contributed by atoms with Crippen LogP contribution in [0.4, 0.5) is 0 Å². The Morgan fingerprint density at radius 2 is 2.00 bits per heavy atom. The summed E-state index contributed by atoms with van der Waals surface area (Å²) in [5.41, 5.74) is 0.531. The maximum absolute atomic E-state index is 11.4. The van der Waals surface area contributed by atoms with Crippen molar-refractivity contribution in [3.8, 4) is 0 Å². The molecule has 0 aromatic carbocycles. The zero-order valence-corrected chi connectivity index (χ0v) is 11.7. The van der Waals surface area contributed by atoms with E-state index in [-0.39, 0.29) is 11.3 Å². The van der Waals surface area contributed by atoms with E-state index >= 15 is 0 Å². The van der Waals surface area contributed by atoms with Gasteiger partial charge in [-0.15, -0.1) is 0 Å². The van der Waals surface area contributed by atoms with Gasteiger partial charge in [-0.2, -0.15) is 0 Å². The standard InChI is InChI=1S/C15H28O/c1-6-13(11-16)15(7-2)12(3)9-8-10-14(15,4)5/h11-13H,6-10H2,1-5H3. The number of carbonyl (C=O) groups is 1. The second-order valence-corrected chi connectivity index (χ2v) is 6.22. The van der Waals surface area contributed by atoms with Gasteiger partial charge in [0.05, 0.1) is 0 Å². The summed E-state index contributed by atoms with van der Waals surface area (Å²) in [6.45, 7) is 11.5. The van der Waals surface area contributed by atoms with Gasteiger partial charge >= 0.3 is 0 Å². The van der Waals surface area contributed by atoms with Gasteiger partial charge in [0.25, 0.3) is 0 Å². The number of rotatable bonds is 4. The van der Waals surface area contributed by atoms with Crippen LogP contribution >= 0.6 is 0 Å². The van der Waals surface area contributed by atoms with Crippen molar-refractivity contribution < 1.29 is 4.79 Å². The van der Waals surface area contributed by atoms with Crippen LogP contribution in [0.3, 0.4) is 0 Å². The molecule has 1 nitrogen and oxygen atoms in total. The van der Waals surface area contributed by atoms with Crippen molar-refractivity contribution in [2.75, 3.05) is 0 Å². The van der Waals surface area contributed by atoms with E-state index in [9.17, 15) is 4.79 Å². The Labute approximate surface area is 101 Å². The highest BCUT2D eigenvalue weighted by molar-refractivity contribution is 5.55. The zero-order valence-electron chi connectivity index (χ0n) is 11.7. The van der Waals surface area contributed by atoms with Crippen molar-refractivity contribution in [3.05, 3.63) is 0 Å². The maximum Gasteiger partial charge on any atom is 0.123 e. The molecule has 16 heavy (non-hydrogen) atoms. The van der Waals surface area contributed by atoms with Crippen molar-refractivity contribution >= 4 is 6.29 Å². The van der Waals surface area contributed by atoms with Gasteiger partial charge < -0.3 is 4.79 Å². The van der Waals surface area contributed by atoms with Gasteiger partial charge in [-0.1, -0.05) is 47.5 Å². The smallest absolute Gasteiger partial charge is 0.123 e. The summed E-state index contributed by atoms with van der Waals surface area (Å²) in [4.78, 5) is 11.4. The SMILES string of the molecule is CCC(C=O)C1(CC)C(C)CCCC1(C)C. The van der Waals surface area contributed by atoms with Crippen molar-refractivity contribution in [1.29, 1.82) is 0 Å². The van der Waals surface area contributed by atoms with Gasteiger partial charge in [0, 0.05) is 5.92 Å². The molecular formula is C15H28O. The van der Waals surface area contributed by atoms with Crippen LogP contribution < -0.4 is 0 Å². The lowest BCUT2D eigenvalue weighted by molar-refractivity contribution is -0.131. The molecule has 1 saturated carbocycles. The molecule has 0 aromatic rings. The molecule has 0 amide bonds. The van der Waals surface area contributed by atoms with Gasteiger partial charge in [-0.25, -0.2) is 0 Å². The van der Waals surface area contributed by atoms with E-state index in [4.69, 9.17) is 0 Å². The van der Waals surface area contributed by atoms with Crippen LogP contribution in [0.25, 0.3) is 0 Å². The molecule has 0 aliphatic heterocycles. The lowest BCUT2D eigenvalue weighted by Gasteiger charge is -2.57. The lowest BCUT2D eigenvalue weighted by Crippen LogP contribution is -2.51. The highest BCUT2D eigenvalue weighted by atomic mass is 16.1. The lowest BCUT2D eigenvalue weighted by atomic mass is 9.47. The Kier molecular flexibility index (Phi) is 4.20. The molecule has 0 N–H and O–H groups in total. The minimum absolute atomic E-state index is 0.224. The maximum atomic E-state index is 11.4. The predicted octanol–water partition coefficient (Wildman–Crippen LogP) is 4.45. The van der Waals surface area contributed by atoms with E-state index in [1.54, 1.807) is 0 Å². The largest absolute Gasteiger partial charge is 0.303 e. The summed E-state index contributed by atoms with van der Waals surface area (Å²) in [6, 6.07) is 0. The first-order valence-corrected chi connectivity index (χ1v) is 6.91. The molecule has 0 bridgehead atoms. The summed E-state index contributed by atoms with van der Waals surface area (Å²) in [6.07, 6.45) is 7.25. The van der Waals surface area contributed by atoms with Gasteiger partial charge in [0.15, 0.2) is 0 Å². The third kappa shape index (κ3) is 1.83. The van der Waals surface area contributed by atoms with Crippen LogP contribution in [-0.4, -0.2) is 6.29 Å². The molecular weight excluding hydrogens is 196 g/mol. The van der Waals surface area contributed by atoms with Crippen LogP contribution in [-0.2, 0) is 4.79 Å². The fraction of sp³-hybridized carbons (Fsp3) is 0.933. The summed E-state index contributed by atoms with van der Waals surface area (Å²) in [5, 5.41) is 0. The monoisotopic (exact) mass is 224 g/mol. The average molecular weight is 224 g/mol. The molecule has 0 heterocycles. The van der Waals surface area contributed by atoms with Crippen LogP contribution in [0.1, 0.15) is 66.7 Å². The molecule has 3 atom stereocenters. The van der Waals surface area contributed by atoms with Gasteiger partial charge in [0.1, 0.15) is 6.29 Å². The third-order valence-corrected chi connectivity index (χ3v) is 5.43. The minimum atomic E-state index is 0.224. The molecule has 0 aromatic heterocycles. The second kappa shape index (κ2) is 4.89. The fourth-order valence-corrected chi connectivity index (χ4v) is 4.55. The Balaban J connectivity index is 3.18. The normalized spacial score (nSPS) is 35.7. The van der Waals surface area contributed by atoms with Crippen molar-refractivity contribution in [2.24, 2.45) is 22.7 Å². The van der Waals surface area contributed by atoms with Crippen molar-refractivity contribution in [2.45, 2.75) is 66.7 Å². The van der Waals surface area contributed by atoms with Crippen LogP contribution in [0.5, 0.6) is 0 Å². The minimum Gasteiger partial charge on any atom is -0.303 e. The topological polar surface area (TPSA) is 17.1 Å². The predicted molar refractivity (Wildman–Crippen MR) is 69.4 cm³/mol. The molecule has 94 valence electrons. The van der Waals surface area contributed by atoms with Crippen molar-refractivity contribution in [3.63, 3.8) is 0 Å². The number of hydrogen-bond acceptors (Lipinski definition) is 1. The first-order chi connectivity index (χ1) is 7.46. The van der Waals surface area contributed by atoms with E-state index in [0.29, 0.717) is 11.3 Å². The Morgan fingerprint density at radius 1 is 1.38 bits per heavy atom. The van der Waals surface area contributed by atoms with Gasteiger partial charge in [-0.05, 0) is 36.0 Å². The van der Waals surface area contributed by atoms with Crippen LogP contribution in [0.2, 0.25) is 0 Å². The Bertz CT molecular complexity index is 244. The molecule has 1 aliphatic carbocycles.